The topological polar surface area (TPSA) is 98.7 Å². The van der Waals surface area contributed by atoms with Gasteiger partial charge in [0.2, 0.25) is 17.7 Å². The van der Waals surface area contributed by atoms with E-state index in [0.29, 0.717) is 37.4 Å². The monoisotopic (exact) mass is 423 g/mol. The number of carbonyl (C=O) groups excluding carboxylic acids is 1. The van der Waals surface area contributed by atoms with Crippen molar-refractivity contribution in [2.24, 2.45) is 0 Å². The number of halogens is 1. The van der Waals surface area contributed by atoms with Gasteiger partial charge < -0.3 is 14.4 Å². The van der Waals surface area contributed by atoms with Crippen molar-refractivity contribution in [2.45, 2.75) is 37.7 Å². The number of benzene rings is 1. The summed E-state index contributed by atoms with van der Waals surface area (Å²) >= 11 is 0. The molecule has 1 aliphatic rings. The largest absolute Gasteiger partial charge is 0.474 e. The summed E-state index contributed by atoms with van der Waals surface area (Å²) in [5, 5.41) is 0. The molecule has 29 heavy (non-hydrogen) atoms. The molecule has 0 N–H and O–H groups in total. The van der Waals surface area contributed by atoms with Gasteiger partial charge in [0, 0.05) is 39.1 Å². The number of sulfone groups is 1. The molecule has 1 aromatic carbocycles. The maximum Gasteiger partial charge on any atom is 0.229 e. The molecular formula is C19H22FN3O5S. The molecule has 0 bridgehead atoms. The Hall–Kier alpha value is -2.75. The molecule has 1 amide bonds. The zero-order valence-electron chi connectivity index (χ0n) is 16.4. The number of amides is 1. The molecule has 1 aliphatic heterocycles. The van der Waals surface area contributed by atoms with Crippen molar-refractivity contribution in [1.82, 2.24) is 14.9 Å². The van der Waals surface area contributed by atoms with Crippen LogP contribution < -0.4 is 9.47 Å². The Balaban J connectivity index is 1.73. The fourth-order valence-corrected chi connectivity index (χ4v) is 3.62. The van der Waals surface area contributed by atoms with E-state index >= 15 is 0 Å². The third-order valence-electron chi connectivity index (χ3n) is 4.70. The first kappa shape index (κ1) is 21.0. The fraction of sp³-hybridized carbons (Fsp3) is 0.421. The van der Waals surface area contributed by atoms with Gasteiger partial charge in [-0.3, -0.25) is 4.79 Å². The van der Waals surface area contributed by atoms with E-state index in [1.807, 2.05) is 0 Å². The molecule has 0 aliphatic carbocycles. The number of aromatic nitrogens is 2. The van der Waals surface area contributed by atoms with E-state index in [4.69, 9.17) is 9.47 Å². The first-order chi connectivity index (χ1) is 13.6. The minimum Gasteiger partial charge on any atom is -0.474 e. The Bertz CT molecular complexity index is 1020. The first-order valence-electron chi connectivity index (χ1n) is 9.06. The van der Waals surface area contributed by atoms with Crippen LogP contribution in [-0.4, -0.2) is 54.6 Å². The number of piperidine rings is 1. The van der Waals surface area contributed by atoms with Crippen LogP contribution in [0.3, 0.4) is 0 Å². The zero-order chi connectivity index (χ0) is 21.2. The fourth-order valence-electron chi connectivity index (χ4n) is 2.99. The second-order valence-electron chi connectivity index (χ2n) is 6.90. The lowest BCUT2D eigenvalue weighted by Gasteiger charge is -2.31. The second-order valence-corrected chi connectivity index (χ2v) is 8.91. The lowest BCUT2D eigenvalue weighted by atomic mass is 10.1. The van der Waals surface area contributed by atoms with Crippen LogP contribution in [0.1, 0.15) is 25.3 Å². The minimum atomic E-state index is -3.52. The maximum atomic E-state index is 14.3. The van der Waals surface area contributed by atoms with Crippen molar-refractivity contribution in [2.75, 3.05) is 19.3 Å². The minimum absolute atomic E-state index is 0.0428. The summed E-state index contributed by atoms with van der Waals surface area (Å²) in [5.41, 5.74) is 0.494. The van der Waals surface area contributed by atoms with Gasteiger partial charge in [0.05, 0.1) is 10.5 Å². The van der Waals surface area contributed by atoms with Crippen molar-refractivity contribution in [1.29, 1.82) is 0 Å². The Kier molecular flexibility index (Phi) is 6.02. The third kappa shape index (κ3) is 5.00. The number of carbonyl (C=O) groups is 1. The van der Waals surface area contributed by atoms with Crippen molar-refractivity contribution in [3.8, 4) is 17.5 Å². The molecule has 10 heteroatoms. The normalized spacial score (nSPS) is 15.2. The predicted molar refractivity (Wildman–Crippen MR) is 102 cm³/mol. The zero-order valence-corrected chi connectivity index (χ0v) is 17.2. The van der Waals surface area contributed by atoms with Gasteiger partial charge in [0.25, 0.3) is 0 Å². The molecule has 1 fully saturated rings. The molecular weight excluding hydrogens is 401 g/mol. The van der Waals surface area contributed by atoms with E-state index in [9.17, 15) is 17.6 Å². The summed E-state index contributed by atoms with van der Waals surface area (Å²) in [6.07, 6.45) is 3.52. The lowest BCUT2D eigenvalue weighted by molar-refractivity contribution is -0.130. The van der Waals surface area contributed by atoms with E-state index in [1.165, 1.54) is 18.5 Å². The molecule has 0 unspecified atom stereocenters. The molecule has 0 radical (unpaired) electrons. The Morgan fingerprint density at radius 3 is 2.45 bits per heavy atom. The van der Waals surface area contributed by atoms with E-state index in [2.05, 4.69) is 9.97 Å². The summed E-state index contributed by atoms with van der Waals surface area (Å²) in [4.78, 5) is 21.2. The second kappa shape index (κ2) is 8.32. The Morgan fingerprint density at radius 2 is 1.86 bits per heavy atom. The smallest absolute Gasteiger partial charge is 0.229 e. The van der Waals surface area contributed by atoms with Crippen LogP contribution in [0.15, 0.2) is 29.4 Å². The van der Waals surface area contributed by atoms with Gasteiger partial charge >= 0.3 is 0 Å². The summed E-state index contributed by atoms with van der Waals surface area (Å²) in [5.74, 6) is -0.488. The molecule has 0 saturated carbocycles. The average Bonchev–Trinajstić information content (AvgIpc) is 2.66. The van der Waals surface area contributed by atoms with Crippen LogP contribution in [0, 0.1) is 12.7 Å². The summed E-state index contributed by atoms with van der Waals surface area (Å²) in [6, 6.07) is 3.41. The van der Waals surface area contributed by atoms with E-state index in [-0.39, 0.29) is 28.5 Å². The number of ether oxygens (including phenoxy) is 2. The van der Waals surface area contributed by atoms with Gasteiger partial charge in [0.15, 0.2) is 21.4 Å². The van der Waals surface area contributed by atoms with Gasteiger partial charge in [0.1, 0.15) is 12.4 Å². The van der Waals surface area contributed by atoms with Crippen LogP contribution >= 0.6 is 0 Å². The molecule has 1 saturated heterocycles. The lowest BCUT2D eigenvalue weighted by Crippen LogP contribution is -2.40. The van der Waals surface area contributed by atoms with Gasteiger partial charge in [-0.05, 0) is 25.1 Å². The SMILES string of the molecule is CC(=O)N1CCC(Oc2ncnc(Oc3ccc(S(C)(=O)=O)cc3F)c2C)CC1. The van der Waals surface area contributed by atoms with Crippen LogP contribution in [0.2, 0.25) is 0 Å². The van der Waals surface area contributed by atoms with Gasteiger partial charge in [-0.2, -0.15) is 0 Å². The van der Waals surface area contributed by atoms with Crippen LogP contribution in [-0.2, 0) is 14.6 Å². The quantitative estimate of drug-likeness (QED) is 0.729. The van der Waals surface area contributed by atoms with E-state index in [1.54, 1.807) is 18.7 Å². The Morgan fingerprint density at radius 1 is 1.21 bits per heavy atom. The first-order valence-corrected chi connectivity index (χ1v) is 11.0. The number of nitrogens with zero attached hydrogens (tertiary/aromatic N) is 3. The van der Waals surface area contributed by atoms with Gasteiger partial charge in [-0.1, -0.05) is 0 Å². The van der Waals surface area contributed by atoms with Gasteiger partial charge in [-0.25, -0.2) is 22.8 Å². The number of hydrogen-bond acceptors (Lipinski definition) is 7. The number of likely N-dealkylation sites (tertiary alicyclic amines) is 1. The molecule has 8 nitrogen and oxygen atoms in total. The summed E-state index contributed by atoms with van der Waals surface area (Å²) < 4.78 is 48.8. The van der Waals surface area contributed by atoms with Gasteiger partial charge in [-0.15, -0.1) is 0 Å². The molecule has 0 atom stereocenters. The third-order valence-corrected chi connectivity index (χ3v) is 5.81. The highest BCUT2D eigenvalue weighted by Crippen LogP contribution is 2.31. The van der Waals surface area contributed by atoms with Crippen molar-refractivity contribution >= 4 is 15.7 Å². The highest BCUT2D eigenvalue weighted by atomic mass is 32.2. The predicted octanol–water partition coefficient (Wildman–Crippen LogP) is 2.51. The molecule has 2 aromatic rings. The molecule has 3 rings (SSSR count). The van der Waals surface area contributed by atoms with Crippen molar-refractivity contribution in [3.05, 3.63) is 35.9 Å². The summed E-state index contributed by atoms with van der Waals surface area (Å²) in [7, 11) is -3.52. The number of rotatable bonds is 5. The van der Waals surface area contributed by atoms with Crippen molar-refractivity contribution < 1.29 is 27.1 Å². The highest BCUT2D eigenvalue weighted by Gasteiger charge is 2.24. The molecule has 156 valence electrons. The molecule has 0 spiro atoms. The molecule has 1 aromatic heterocycles. The molecule has 2 heterocycles. The van der Waals surface area contributed by atoms with Crippen LogP contribution in [0.5, 0.6) is 17.5 Å². The standard InChI is InChI=1S/C19H22FN3O5S/c1-12-18(27-14-6-8-23(9-7-14)13(2)24)21-11-22-19(12)28-17-5-4-15(10-16(17)20)29(3,25)26/h4-5,10-11,14H,6-9H2,1-3H3. The van der Waals surface area contributed by atoms with Crippen molar-refractivity contribution in [3.63, 3.8) is 0 Å². The van der Waals surface area contributed by atoms with Crippen LogP contribution in [0.4, 0.5) is 4.39 Å². The number of hydrogen-bond donors (Lipinski definition) is 0. The Labute approximate surface area is 168 Å². The maximum absolute atomic E-state index is 14.3. The van der Waals surface area contributed by atoms with Crippen LogP contribution in [0.25, 0.3) is 0 Å². The van der Waals surface area contributed by atoms with E-state index in [0.717, 1.165) is 12.3 Å². The highest BCUT2D eigenvalue weighted by molar-refractivity contribution is 7.90. The average molecular weight is 423 g/mol. The summed E-state index contributed by atoms with van der Waals surface area (Å²) in [6.45, 7) is 4.47. The van der Waals surface area contributed by atoms with E-state index < -0.39 is 15.7 Å².